The van der Waals surface area contributed by atoms with Gasteiger partial charge in [0.2, 0.25) is 10.0 Å². The molecule has 0 radical (unpaired) electrons. The Hall–Kier alpha value is -0.910. The van der Waals surface area contributed by atoms with Gasteiger partial charge >= 0.3 is 0 Å². The van der Waals surface area contributed by atoms with Gasteiger partial charge in [0, 0.05) is 12.6 Å². The highest BCUT2D eigenvalue weighted by atomic mass is 32.2. The molecule has 0 amide bonds. The summed E-state index contributed by atoms with van der Waals surface area (Å²) < 4.78 is 26.4. The van der Waals surface area contributed by atoms with Crippen molar-refractivity contribution in [2.24, 2.45) is 0 Å². The predicted octanol–water partition coefficient (Wildman–Crippen LogP) is 2.04. The van der Waals surface area contributed by atoms with Crippen molar-refractivity contribution in [2.75, 3.05) is 18.9 Å². The third-order valence-electron chi connectivity index (χ3n) is 3.52. The molecule has 1 rings (SSSR count). The van der Waals surface area contributed by atoms with Crippen molar-refractivity contribution < 1.29 is 13.5 Å². The Morgan fingerprint density at radius 1 is 1.15 bits per heavy atom. The second-order valence-electron chi connectivity index (χ2n) is 4.86. The molecule has 0 aromatic heterocycles. The maximum absolute atomic E-state index is 12.5. The van der Waals surface area contributed by atoms with E-state index in [2.05, 4.69) is 0 Å². The topological polar surface area (TPSA) is 57.6 Å². The lowest BCUT2D eigenvalue weighted by Gasteiger charge is -2.29. The number of hydrogen-bond acceptors (Lipinski definition) is 3. The standard InChI is InChI=1S/C15H25NO3S/c1-3-15(4-2)16(11-12-17)20(18,19)13-10-14-8-6-5-7-9-14/h5-9,15,17H,3-4,10-13H2,1-2H3. The minimum atomic E-state index is -3.33. The molecule has 0 aliphatic heterocycles. The number of rotatable bonds is 9. The van der Waals surface area contributed by atoms with Crippen LogP contribution in [0, 0.1) is 0 Å². The van der Waals surface area contributed by atoms with Crippen LogP contribution in [0.2, 0.25) is 0 Å². The zero-order chi connectivity index (χ0) is 15.0. The predicted molar refractivity (Wildman–Crippen MR) is 82.1 cm³/mol. The van der Waals surface area contributed by atoms with Gasteiger partial charge in [0.15, 0.2) is 0 Å². The molecule has 1 N–H and O–H groups in total. The number of sulfonamides is 1. The van der Waals surface area contributed by atoms with Crippen molar-refractivity contribution in [3.05, 3.63) is 35.9 Å². The van der Waals surface area contributed by atoms with Gasteiger partial charge in [-0.2, -0.15) is 4.31 Å². The van der Waals surface area contributed by atoms with Gasteiger partial charge < -0.3 is 5.11 Å². The summed E-state index contributed by atoms with van der Waals surface area (Å²) in [5, 5.41) is 9.12. The lowest BCUT2D eigenvalue weighted by atomic mass is 10.2. The Morgan fingerprint density at radius 3 is 2.25 bits per heavy atom. The molecule has 0 atom stereocenters. The Labute approximate surface area is 122 Å². The van der Waals surface area contributed by atoms with Crippen LogP contribution in [-0.4, -0.2) is 42.8 Å². The summed E-state index contributed by atoms with van der Waals surface area (Å²) >= 11 is 0. The molecule has 0 saturated carbocycles. The van der Waals surface area contributed by atoms with Crippen LogP contribution in [-0.2, 0) is 16.4 Å². The van der Waals surface area contributed by atoms with Crippen LogP contribution in [0.5, 0.6) is 0 Å². The molecule has 0 aliphatic rings. The molecular formula is C15H25NO3S. The first-order chi connectivity index (χ1) is 9.55. The molecule has 0 saturated heterocycles. The number of aryl methyl sites for hydroxylation is 1. The third-order valence-corrected chi connectivity index (χ3v) is 5.43. The second kappa shape index (κ2) is 8.39. The van der Waals surface area contributed by atoms with Gasteiger partial charge in [-0.25, -0.2) is 8.42 Å². The van der Waals surface area contributed by atoms with Crippen LogP contribution in [0.1, 0.15) is 32.3 Å². The van der Waals surface area contributed by atoms with Crippen LogP contribution in [0.25, 0.3) is 0 Å². The van der Waals surface area contributed by atoms with Crippen molar-refractivity contribution in [1.29, 1.82) is 0 Å². The van der Waals surface area contributed by atoms with Crippen molar-refractivity contribution in [2.45, 2.75) is 39.2 Å². The third kappa shape index (κ3) is 4.89. The molecule has 0 spiro atoms. The number of benzene rings is 1. The SMILES string of the molecule is CCC(CC)N(CCO)S(=O)(=O)CCc1ccccc1. The summed E-state index contributed by atoms with van der Waals surface area (Å²) in [4.78, 5) is 0. The number of nitrogens with zero attached hydrogens (tertiary/aromatic N) is 1. The van der Waals surface area contributed by atoms with E-state index in [0.29, 0.717) is 6.42 Å². The molecular weight excluding hydrogens is 274 g/mol. The lowest BCUT2D eigenvalue weighted by Crippen LogP contribution is -2.43. The molecule has 5 heteroatoms. The highest BCUT2D eigenvalue weighted by Crippen LogP contribution is 2.15. The van der Waals surface area contributed by atoms with Crippen LogP contribution >= 0.6 is 0 Å². The molecule has 4 nitrogen and oxygen atoms in total. The van der Waals surface area contributed by atoms with Gasteiger partial charge in [-0.1, -0.05) is 44.2 Å². The van der Waals surface area contributed by atoms with Gasteiger partial charge in [0.1, 0.15) is 0 Å². The van der Waals surface area contributed by atoms with E-state index in [1.807, 2.05) is 44.2 Å². The first-order valence-corrected chi connectivity index (χ1v) is 8.80. The maximum Gasteiger partial charge on any atom is 0.214 e. The fourth-order valence-electron chi connectivity index (χ4n) is 2.35. The zero-order valence-corrected chi connectivity index (χ0v) is 13.1. The molecule has 1 aromatic rings. The van der Waals surface area contributed by atoms with Crippen LogP contribution in [0.15, 0.2) is 30.3 Å². The monoisotopic (exact) mass is 299 g/mol. The minimum absolute atomic E-state index is 0.0251. The Kier molecular flexibility index (Phi) is 7.19. The Morgan fingerprint density at radius 2 is 1.75 bits per heavy atom. The first-order valence-electron chi connectivity index (χ1n) is 7.19. The average Bonchev–Trinajstić information content (AvgIpc) is 2.46. The van der Waals surface area contributed by atoms with Gasteiger partial charge in [-0.15, -0.1) is 0 Å². The van der Waals surface area contributed by atoms with E-state index < -0.39 is 10.0 Å². The Balaban J connectivity index is 2.77. The van der Waals surface area contributed by atoms with Crippen LogP contribution < -0.4 is 0 Å². The smallest absolute Gasteiger partial charge is 0.214 e. The summed E-state index contributed by atoms with van der Waals surface area (Å²) in [5.74, 6) is 0.0908. The summed E-state index contributed by atoms with van der Waals surface area (Å²) in [6.07, 6.45) is 2.04. The van der Waals surface area contributed by atoms with Crippen LogP contribution in [0.3, 0.4) is 0 Å². The van der Waals surface area contributed by atoms with Crippen molar-refractivity contribution in [1.82, 2.24) is 4.31 Å². The summed E-state index contributed by atoms with van der Waals surface area (Å²) in [6, 6.07) is 9.58. The molecule has 114 valence electrons. The number of aliphatic hydroxyl groups is 1. The van der Waals surface area contributed by atoms with E-state index in [1.54, 1.807) is 0 Å². The van der Waals surface area contributed by atoms with Gasteiger partial charge in [0.25, 0.3) is 0 Å². The van der Waals surface area contributed by atoms with E-state index in [4.69, 9.17) is 5.11 Å². The highest BCUT2D eigenvalue weighted by molar-refractivity contribution is 7.89. The lowest BCUT2D eigenvalue weighted by molar-refractivity contribution is 0.219. The van der Waals surface area contributed by atoms with Gasteiger partial charge in [0.05, 0.1) is 12.4 Å². The number of hydrogen-bond donors (Lipinski definition) is 1. The van der Waals surface area contributed by atoms with E-state index in [1.165, 1.54) is 4.31 Å². The van der Waals surface area contributed by atoms with Gasteiger partial charge in [-0.05, 0) is 24.8 Å². The zero-order valence-electron chi connectivity index (χ0n) is 12.3. The molecule has 0 unspecified atom stereocenters. The maximum atomic E-state index is 12.5. The fraction of sp³-hybridized carbons (Fsp3) is 0.600. The first kappa shape index (κ1) is 17.1. The van der Waals surface area contributed by atoms with Gasteiger partial charge in [-0.3, -0.25) is 0 Å². The van der Waals surface area contributed by atoms with Crippen molar-refractivity contribution in [3.8, 4) is 0 Å². The summed E-state index contributed by atoms with van der Waals surface area (Å²) in [7, 11) is -3.33. The van der Waals surface area contributed by atoms with E-state index in [0.717, 1.165) is 18.4 Å². The highest BCUT2D eigenvalue weighted by Gasteiger charge is 2.27. The summed E-state index contributed by atoms with van der Waals surface area (Å²) in [6.45, 7) is 4.00. The molecule has 20 heavy (non-hydrogen) atoms. The van der Waals surface area contributed by atoms with E-state index in [-0.39, 0.29) is 24.9 Å². The van der Waals surface area contributed by atoms with Crippen molar-refractivity contribution >= 4 is 10.0 Å². The van der Waals surface area contributed by atoms with Crippen LogP contribution in [0.4, 0.5) is 0 Å². The minimum Gasteiger partial charge on any atom is -0.395 e. The van der Waals surface area contributed by atoms with E-state index in [9.17, 15) is 8.42 Å². The summed E-state index contributed by atoms with van der Waals surface area (Å²) in [5.41, 5.74) is 1.02. The van der Waals surface area contributed by atoms with Crippen molar-refractivity contribution in [3.63, 3.8) is 0 Å². The molecule has 0 heterocycles. The van der Waals surface area contributed by atoms with E-state index >= 15 is 0 Å². The normalized spacial score (nSPS) is 12.2. The molecule has 0 aliphatic carbocycles. The quantitative estimate of drug-likeness (QED) is 0.759. The number of aliphatic hydroxyl groups excluding tert-OH is 1. The fourth-order valence-corrected chi connectivity index (χ4v) is 4.19. The molecule has 0 fully saturated rings. The second-order valence-corrected chi connectivity index (χ2v) is 6.90. The Bertz CT molecular complexity index is 469. The average molecular weight is 299 g/mol. The molecule has 1 aromatic carbocycles. The largest absolute Gasteiger partial charge is 0.395 e. The molecule has 0 bridgehead atoms.